The zero-order chi connectivity index (χ0) is 19.1. The first-order chi connectivity index (χ1) is 12.4. The van der Waals surface area contributed by atoms with Crippen LogP contribution in [0.1, 0.15) is 5.56 Å². The summed E-state index contributed by atoms with van der Waals surface area (Å²) in [5.41, 5.74) is 0.955. The molecule has 8 nitrogen and oxygen atoms in total. The van der Waals surface area contributed by atoms with Crippen LogP contribution in [0.2, 0.25) is 0 Å². The van der Waals surface area contributed by atoms with Crippen molar-refractivity contribution in [3.8, 4) is 11.5 Å². The number of nitro groups is 1. The van der Waals surface area contributed by atoms with Crippen LogP contribution >= 0.6 is 12.2 Å². The Morgan fingerprint density at radius 3 is 2.42 bits per heavy atom. The van der Waals surface area contributed by atoms with Gasteiger partial charge in [0.1, 0.15) is 11.5 Å². The van der Waals surface area contributed by atoms with E-state index in [0.29, 0.717) is 11.5 Å². The van der Waals surface area contributed by atoms with Crippen molar-refractivity contribution in [3.63, 3.8) is 0 Å². The van der Waals surface area contributed by atoms with Crippen molar-refractivity contribution in [2.45, 2.75) is 6.42 Å². The average Bonchev–Trinajstić information content (AvgIpc) is 2.62. The van der Waals surface area contributed by atoms with E-state index in [1.165, 1.54) is 25.3 Å². The summed E-state index contributed by atoms with van der Waals surface area (Å²) in [5, 5.41) is 16.2. The third-order valence-corrected chi connectivity index (χ3v) is 3.62. The van der Waals surface area contributed by atoms with Crippen molar-refractivity contribution >= 4 is 34.6 Å². The summed E-state index contributed by atoms with van der Waals surface area (Å²) < 4.78 is 10.2. The molecule has 1 amide bonds. The summed E-state index contributed by atoms with van der Waals surface area (Å²) in [5.74, 6) is 0.739. The number of carbonyl (C=O) groups is 1. The second-order valence-electron chi connectivity index (χ2n) is 5.17. The van der Waals surface area contributed by atoms with E-state index in [9.17, 15) is 14.9 Å². The Morgan fingerprint density at radius 2 is 1.85 bits per heavy atom. The molecule has 9 heteroatoms. The Hall–Kier alpha value is -3.20. The Morgan fingerprint density at radius 1 is 1.15 bits per heavy atom. The van der Waals surface area contributed by atoms with Gasteiger partial charge in [0, 0.05) is 12.1 Å². The molecule has 0 bridgehead atoms. The number of nitrogens with zero attached hydrogens (tertiary/aromatic N) is 1. The number of hydrogen-bond acceptors (Lipinski definition) is 6. The number of ether oxygens (including phenoxy) is 2. The quantitative estimate of drug-likeness (QED) is 0.454. The summed E-state index contributed by atoms with van der Waals surface area (Å²) in [7, 11) is 2.99. The standard InChI is InChI=1S/C17H17N3O5S/c1-24-13-6-3-11(4-7-13)9-16(21)19-17(26)18-14-10-12(20(22)23)5-8-15(14)25-2/h3-8,10H,9H2,1-2H3,(H2,18,19,21,26). The maximum absolute atomic E-state index is 12.1. The fourth-order valence-electron chi connectivity index (χ4n) is 2.16. The van der Waals surface area contributed by atoms with E-state index in [4.69, 9.17) is 21.7 Å². The number of carbonyl (C=O) groups excluding carboxylic acids is 1. The molecule has 26 heavy (non-hydrogen) atoms. The number of hydrogen-bond donors (Lipinski definition) is 2. The zero-order valence-electron chi connectivity index (χ0n) is 14.1. The molecule has 0 saturated heterocycles. The summed E-state index contributed by atoms with van der Waals surface area (Å²) in [6.45, 7) is 0. The third kappa shape index (κ3) is 5.15. The van der Waals surface area contributed by atoms with Gasteiger partial charge in [-0.25, -0.2) is 0 Å². The van der Waals surface area contributed by atoms with Crippen LogP contribution in [0.25, 0.3) is 0 Å². The van der Waals surface area contributed by atoms with Gasteiger partial charge in [-0.1, -0.05) is 12.1 Å². The van der Waals surface area contributed by atoms with Crippen molar-refractivity contribution in [2.75, 3.05) is 19.5 Å². The molecule has 0 unspecified atom stereocenters. The lowest BCUT2D eigenvalue weighted by molar-refractivity contribution is -0.384. The Labute approximate surface area is 155 Å². The Bertz CT molecular complexity index is 824. The van der Waals surface area contributed by atoms with Crippen molar-refractivity contribution in [2.24, 2.45) is 0 Å². The topological polar surface area (TPSA) is 103 Å². The minimum absolute atomic E-state index is 0.0160. The fourth-order valence-corrected chi connectivity index (χ4v) is 2.38. The molecule has 0 saturated carbocycles. The number of nitrogens with one attached hydrogen (secondary N) is 2. The fraction of sp³-hybridized carbons (Fsp3) is 0.176. The van der Waals surface area contributed by atoms with Gasteiger partial charge in [-0.3, -0.25) is 14.9 Å². The smallest absolute Gasteiger partial charge is 0.271 e. The molecular formula is C17H17N3O5S. The molecule has 2 aromatic rings. The summed E-state index contributed by atoms with van der Waals surface area (Å²) >= 11 is 5.10. The van der Waals surface area contributed by atoms with Gasteiger partial charge < -0.3 is 20.1 Å². The summed E-state index contributed by atoms with van der Waals surface area (Å²) in [6, 6.07) is 11.1. The molecule has 0 aliphatic rings. The van der Waals surface area contributed by atoms with Crippen LogP contribution in [-0.2, 0) is 11.2 Å². The number of anilines is 1. The molecule has 0 aliphatic carbocycles. The normalized spacial score (nSPS) is 9.92. The molecule has 0 aliphatic heterocycles. The van der Waals surface area contributed by atoms with Gasteiger partial charge in [0.05, 0.1) is 31.3 Å². The number of rotatable bonds is 6. The number of nitro benzene ring substituents is 1. The number of non-ortho nitro benzene ring substituents is 1. The highest BCUT2D eigenvalue weighted by molar-refractivity contribution is 7.80. The Kier molecular flexibility index (Phi) is 6.45. The van der Waals surface area contributed by atoms with E-state index in [2.05, 4.69) is 10.6 Å². The summed E-state index contributed by atoms with van der Waals surface area (Å²) in [4.78, 5) is 22.4. The van der Waals surface area contributed by atoms with Crippen molar-refractivity contribution < 1.29 is 19.2 Å². The minimum atomic E-state index is -0.532. The molecule has 0 radical (unpaired) electrons. The predicted octanol–water partition coefficient (Wildman–Crippen LogP) is 2.67. The van der Waals surface area contributed by atoms with Gasteiger partial charge in [-0.2, -0.15) is 0 Å². The monoisotopic (exact) mass is 375 g/mol. The van der Waals surface area contributed by atoms with Crippen LogP contribution in [0, 0.1) is 10.1 Å². The molecule has 0 heterocycles. The average molecular weight is 375 g/mol. The second-order valence-corrected chi connectivity index (χ2v) is 5.58. The molecule has 2 aromatic carbocycles. The minimum Gasteiger partial charge on any atom is -0.497 e. The summed E-state index contributed by atoms with van der Waals surface area (Å²) in [6.07, 6.45) is 0.123. The van der Waals surface area contributed by atoms with Crippen LogP contribution in [0.15, 0.2) is 42.5 Å². The number of methoxy groups -OCH3 is 2. The van der Waals surface area contributed by atoms with E-state index in [0.717, 1.165) is 5.56 Å². The van der Waals surface area contributed by atoms with Crippen LogP contribution in [0.5, 0.6) is 11.5 Å². The second kappa shape index (κ2) is 8.77. The molecule has 0 fully saturated rings. The molecule has 0 aromatic heterocycles. The van der Waals surface area contributed by atoms with Gasteiger partial charge >= 0.3 is 0 Å². The number of thiocarbonyl (C=S) groups is 1. The van der Waals surface area contributed by atoms with Crippen molar-refractivity contribution in [1.29, 1.82) is 0 Å². The van der Waals surface area contributed by atoms with Crippen LogP contribution in [0.3, 0.4) is 0 Å². The first-order valence-electron chi connectivity index (χ1n) is 7.49. The van der Waals surface area contributed by atoms with Gasteiger partial charge in [-0.15, -0.1) is 0 Å². The predicted molar refractivity (Wildman–Crippen MR) is 101 cm³/mol. The Balaban J connectivity index is 2.00. The van der Waals surface area contributed by atoms with Crippen molar-refractivity contribution in [3.05, 3.63) is 58.1 Å². The SMILES string of the molecule is COc1ccc(CC(=O)NC(=S)Nc2cc([N+](=O)[O-])ccc2OC)cc1. The number of amides is 1. The third-order valence-electron chi connectivity index (χ3n) is 3.42. The highest BCUT2D eigenvalue weighted by Gasteiger charge is 2.13. The van der Waals surface area contributed by atoms with Crippen LogP contribution in [-0.4, -0.2) is 30.2 Å². The van der Waals surface area contributed by atoms with Gasteiger partial charge in [0.15, 0.2) is 5.11 Å². The van der Waals surface area contributed by atoms with Crippen molar-refractivity contribution in [1.82, 2.24) is 5.32 Å². The molecular weight excluding hydrogens is 358 g/mol. The highest BCUT2D eigenvalue weighted by Crippen LogP contribution is 2.28. The molecule has 2 N–H and O–H groups in total. The molecule has 2 rings (SSSR count). The highest BCUT2D eigenvalue weighted by atomic mass is 32.1. The van der Waals surface area contributed by atoms with Gasteiger partial charge in [-0.05, 0) is 36.0 Å². The largest absolute Gasteiger partial charge is 0.497 e. The molecule has 0 atom stereocenters. The van der Waals surface area contributed by atoms with E-state index in [-0.39, 0.29) is 28.8 Å². The maximum atomic E-state index is 12.1. The van der Waals surface area contributed by atoms with Gasteiger partial charge in [0.2, 0.25) is 5.91 Å². The lowest BCUT2D eigenvalue weighted by Crippen LogP contribution is -2.35. The van der Waals surface area contributed by atoms with E-state index < -0.39 is 4.92 Å². The lowest BCUT2D eigenvalue weighted by Gasteiger charge is -2.12. The van der Waals surface area contributed by atoms with Crippen LogP contribution in [0.4, 0.5) is 11.4 Å². The first kappa shape index (κ1) is 19.1. The van der Waals surface area contributed by atoms with E-state index in [1.807, 2.05) is 0 Å². The molecule has 0 spiro atoms. The maximum Gasteiger partial charge on any atom is 0.271 e. The first-order valence-corrected chi connectivity index (χ1v) is 7.90. The van der Waals surface area contributed by atoms with Crippen LogP contribution < -0.4 is 20.1 Å². The van der Waals surface area contributed by atoms with E-state index in [1.54, 1.807) is 31.4 Å². The number of benzene rings is 2. The van der Waals surface area contributed by atoms with Gasteiger partial charge in [0.25, 0.3) is 5.69 Å². The van der Waals surface area contributed by atoms with E-state index >= 15 is 0 Å². The lowest BCUT2D eigenvalue weighted by atomic mass is 10.1. The zero-order valence-corrected chi connectivity index (χ0v) is 15.0. The molecule has 136 valence electrons.